The van der Waals surface area contributed by atoms with E-state index in [-0.39, 0.29) is 5.91 Å². The number of hydrogen-bond donors (Lipinski definition) is 2. The van der Waals surface area contributed by atoms with E-state index in [0.717, 1.165) is 28.2 Å². The third-order valence-electron chi connectivity index (χ3n) is 3.75. The maximum absolute atomic E-state index is 12.5. The molecule has 1 heterocycles. The molecule has 1 amide bonds. The molecule has 0 aliphatic heterocycles. The average molecular weight is 332 g/mol. The molecule has 0 radical (unpaired) electrons. The quantitative estimate of drug-likeness (QED) is 0.743. The highest BCUT2D eigenvalue weighted by molar-refractivity contribution is 6.03. The Balaban J connectivity index is 1.83. The van der Waals surface area contributed by atoms with Gasteiger partial charge in [0.15, 0.2) is 0 Å². The minimum absolute atomic E-state index is 0.257. The fourth-order valence-corrected chi connectivity index (χ4v) is 2.49. The molecule has 5 heteroatoms. The molecular formula is C20H20N4O. The van der Waals surface area contributed by atoms with E-state index in [0.29, 0.717) is 11.6 Å². The third-order valence-corrected chi connectivity index (χ3v) is 3.75. The fraction of sp³-hybridized carbons (Fsp3) is 0.150. The van der Waals surface area contributed by atoms with Crippen molar-refractivity contribution in [2.45, 2.75) is 20.8 Å². The Hall–Kier alpha value is -3.21. The van der Waals surface area contributed by atoms with E-state index in [2.05, 4.69) is 20.6 Å². The molecule has 0 atom stereocenters. The second kappa shape index (κ2) is 7.13. The maximum Gasteiger partial charge on any atom is 0.274 e. The van der Waals surface area contributed by atoms with Gasteiger partial charge in [0.1, 0.15) is 5.69 Å². The van der Waals surface area contributed by atoms with Crippen LogP contribution in [0.3, 0.4) is 0 Å². The second-order valence-corrected chi connectivity index (χ2v) is 5.98. The first-order valence-corrected chi connectivity index (χ1v) is 8.07. The Labute approximate surface area is 147 Å². The Bertz CT molecular complexity index is 921. The molecule has 1 aromatic heterocycles. The molecular weight excluding hydrogens is 312 g/mol. The van der Waals surface area contributed by atoms with Gasteiger partial charge in [-0.2, -0.15) is 0 Å². The van der Waals surface area contributed by atoms with E-state index in [9.17, 15) is 4.79 Å². The van der Waals surface area contributed by atoms with Crippen LogP contribution >= 0.6 is 0 Å². The molecule has 0 aliphatic rings. The predicted octanol–water partition coefficient (Wildman–Crippen LogP) is 4.40. The van der Waals surface area contributed by atoms with Crippen LogP contribution in [-0.4, -0.2) is 15.9 Å². The van der Waals surface area contributed by atoms with E-state index < -0.39 is 0 Å². The zero-order chi connectivity index (χ0) is 17.8. The summed E-state index contributed by atoms with van der Waals surface area (Å²) in [5.74, 6) is 0.146. The summed E-state index contributed by atoms with van der Waals surface area (Å²) < 4.78 is 0. The fourth-order valence-electron chi connectivity index (χ4n) is 2.49. The van der Waals surface area contributed by atoms with Gasteiger partial charge in [0.2, 0.25) is 5.95 Å². The molecule has 5 nitrogen and oxygen atoms in total. The largest absolute Gasteiger partial charge is 0.324 e. The summed E-state index contributed by atoms with van der Waals surface area (Å²) >= 11 is 0. The van der Waals surface area contributed by atoms with Gasteiger partial charge in [-0.25, -0.2) is 9.97 Å². The molecule has 25 heavy (non-hydrogen) atoms. The highest BCUT2D eigenvalue weighted by Gasteiger charge is 2.12. The number of aromatic nitrogens is 2. The first-order valence-electron chi connectivity index (χ1n) is 8.07. The molecule has 0 spiro atoms. The predicted molar refractivity (Wildman–Crippen MR) is 100 cm³/mol. The Morgan fingerprint density at radius 3 is 2.48 bits per heavy atom. The number of nitrogens with one attached hydrogen (secondary N) is 2. The van der Waals surface area contributed by atoms with Gasteiger partial charge in [-0.15, -0.1) is 0 Å². The van der Waals surface area contributed by atoms with Crippen LogP contribution in [0, 0.1) is 20.8 Å². The second-order valence-electron chi connectivity index (χ2n) is 5.98. The number of amides is 1. The van der Waals surface area contributed by atoms with Gasteiger partial charge in [0.05, 0.1) is 0 Å². The van der Waals surface area contributed by atoms with Crippen molar-refractivity contribution in [2.75, 3.05) is 10.6 Å². The molecule has 0 fully saturated rings. The number of rotatable bonds is 4. The van der Waals surface area contributed by atoms with Crippen molar-refractivity contribution in [1.29, 1.82) is 0 Å². The monoisotopic (exact) mass is 332 g/mol. The van der Waals surface area contributed by atoms with Crippen LogP contribution in [0.15, 0.2) is 54.6 Å². The highest BCUT2D eigenvalue weighted by atomic mass is 16.1. The van der Waals surface area contributed by atoms with Crippen molar-refractivity contribution in [3.8, 4) is 0 Å². The van der Waals surface area contributed by atoms with Gasteiger partial charge < -0.3 is 10.6 Å². The van der Waals surface area contributed by atoms with Crippen molar-refractivity contribution in [3.05, 3.63) is 77.1 Å². The van der Waals surface area contributed by atoms with Crippen LogP contribution in [0.25, 0.3) is 0 Å². The van der Waals surface area contributed by atoms with Gasteiger partial charge >= 0.3 is 0 Å². The molecule has 3 rings (SSSR count). The number of aryl methyl sites for hydroxylation is 3. The van der Waals surface area contributed by atoms with Gasteiger partial charge in [0.25, 0.3) is 5.91 Å². The van der Waals surface area contributed by atoms with Crippen molar-refractivity contribution >= 4 is 23.2 Å². The summed E-state index contributed by atoms with van der Waals surface area (Å²) in [6, 6.07) is 17.2. The summed E-state index contributed by atoms with van der Waals surface area (Å²) in [6.45, 7) is 5.81. The van der Waals surface area contributed by atoms with Gasteiger partial charge in [-0.05, 0) is 56.2 Å². The first-order chi connectivity index (χ1) is 12.0. The summed E-state index contributed by atoms with van der Waals surface area (Å²) in [5.41, 5.74) is 4.84. The number of nitrogens with zero attached hydrogens (tertiary/aromatic N) is 2. The number of benzene rings is 2. The van der Waals surface area contributed by atoms with Gasteiger partial charge in [0, 0.05) is 17.1 Å². The molecule has 0 aliphatic carbocycles. The lowest BCUT2D eigenvalue weighted by atomic mass is 10.2. The zero-order valence-corrected chi connectivity index (χ0v) is 14.5. The van der Waals surface area contributed by atoms with Crippen molar-refractivity contribution in [2.24, 2.45) is 0 Å². The minimum atomic E-state index is -0.257. The van der Waals surface area contributed by atoms with Crippen LogP contribution in [0.1, 0.15) is 27.3 Å². The van der Waals surface area contributed by atoms with Crippen LogP contribution in [0.4, 0.5) is 17.3 Å². The number of carbonyl (C=O) groups excluding carboxylic acids is 1. The summed E-state index contributed by atoms with van der Waals surface area (Å²) in [5, 5.41) is 6.05. The van der Waals surface area contributed by atoms with E-state index in [4.69, 9.17) is 0 Å². The van der Waals surface area contributed by atoms with Crippen LogP contribution in [-0.2, 0) is 0 Å². The number of hydrogen-bond acceptors (Lipinski definition) is 4. The summed E-state index contributed by atoms with van der Waals surface area (Å²) in [6.07, 6.45) is 0. The van der Waals surface area contributed by atoms with Crippen molar-refractivity contribution < 1.29 is 4.79 Å². The number of para-hydroxylation sites is 1. The Morgan fingerprint density at radius 1 is 0.920 bits per heavy atom. The first kappa shape index (κ1) is 16.6. The smallest absolute Gasteiger partial charge is 0.274 e. The Morgan fingerprint density at radius 2 is 1.72 bits per heavy atom. The SMILES string of the molecule is Cc1cccc(Nc2nc(C)cc(C(=O)Nc3ccccc3C)n2)c1. The zero-order valence-electron chi connectivity index (χ0n) is 14.5. The lowest BCUT2D eigenvalue weighted by Gasteiger charge is -2.10. The van der Waals surface area contributed by atoms with E-state index in [1.165, 1.54) is 0 Å². The maximum atomic E-state index is 12.5. The standard InChI is InChI=1S/C20H20N4O/c1-13-7-6-9-16(11-13)22-20-21-15(3)12-18(24-20)19(25)23-17-10-5-4-8-14(17)2/h4-12H,1-3H3,(H,23,25)(H,21,22,24). The number of anilines is 3. The van der Waals surface area contributed by atoms with Crippen molar-refractivity contribution in [1.82, 2.24) is 9.97 Å². The Kier molecular flexibility index (Phi) is 4.75. The normalized spacial score (nSPS) is 10.4. The van der Waals surface area contributed by atoms with Gasteiger partial charge in [-0.1, -0.05) is 30.3 Å². The molecule has 0 saturated carbocycles. The van der Waals surface area contributed by atoms with Crippen LogP contribution in [0.5, 0.6) is 0 Å². The van der Waals surface area contributed by atoms with Crippen LogP contribution in [0.2, 0.25) is 0 Å². The minimum Gasteiger partial charge on any atom is -0.324 e. The lowest BCUT2D eigenvalue weighted by molar-refractivity contribution is 0.102. The summed E-state index contributed by atoms with van der Waals surface area (Å²) in [7, 11) is 0. The molecule has 2 N–H and O–H groups in total. The van der Waals surface area contributed by atoms with Gasteiger partial charge in [-0.3, -0.25) is 4.79 Å². The molecule has 0 bridgehead atoms. The molecule has 2 aromatic carbocycles. The van der Waals surface area contributed by atoms with Crippen molar-refractivity contribution in [3.63, 3.8) is 0 Å². The lowest BCUT2D eigenvalue weighted by Crippen LogP contribution is -2.16. The number of carbonyl (C=O) groups is 1. The summed E-state index contributed by atoms with van der Waals surface area (Å²) in [4.78, 5) is 21.3. The third kappa shape index (κ3) is 4.20. The molecule has 126 valence electrons. The van der Waals surface area contributed by atoms with E-state index >= 15 is 0 Å². The van der Waals surface area contributed by atoms with E-state index in [1.54, 1.807) is 6.07 Å². The average Bonchev–Trinajstić information content (AvgIpc) is 2.56. The van der Waals surface area contributed by atoms with E-state index in [1.807, 2.05) is 69.3 Å². The van der Waals surface area contributed by atoms with Crippen LogP contribution < -0.4 is 10.6 Å². The molecule has 0 unspecified atom stereocenters. The topological polar surface area (TPSA) is 66.9 Å². The molecule has 0 saturated heterocycles. The highest BCUT2D eigenvalue weighted by Crippen LogP contribution is 2.17. The molecule has 3 aromatic rings.